The van der Waals surface area contributed by atoms with Gasteiger partial charge in [0.1, 0.15) is 0 Å². The van der Waals surface area contributed by atoms with Gasteiger partial charge in [-0.1, -0.05) is 18.2 Å². The van der Waals surface area contributed by atoms with Gasteiger partial charge < -0.3 is 9.88 Å². The molecule has 0 fully saturated rings. The van der Waals surface area contributed by atoms with Gasteiger partial charge in [0.25, 0.3) is 11.5 Å². The molecule has 28 heavy (non-hydrogen) atoms. The van der Waals surface area contributed by atoms with Crippen LogP contribution in [0, 0.1) is 13.8 Å². The fourth-order valence-corrected chi connectivity index (χ4v) is 3.10. The Morgan fingerprint density at radius 2 is 1.86 bits per heavy atom. The van der Waals surface area contributed by atoms with Crippen LogP contribution in [-0.4, -0.2) is 33.9 Å². The highest BCUT2D eigenvalue weighted by atomic mass is 16.2. The summed E-state index contributed by atoms with van der Waals surface area (Å²) < 4.78 is 0. The average molecular weight is 375 g/mol. The van der Waals surface area contributed by atoms with Crippen molar-refractivity contribution in [3.8, 4) is 11.1 Å². The van der Waals surface area contributed by atoms with Crippen molar-refractivity contribution in [3.63, 3.8) is 0 Å². The predicted molar refractivity (Wildman–Crippen MR) is 111 cm³/mol. The molecule has 0 unspecified atom stereocenters. The van der Waals surface area contributed by atoms with E-state index < -0.39 is 0 Å². The number of H-pyrrole nitrogens is 1. The predicted octanol–water partition coefficient (Wildman–Crippen LogP) is 3.76. The Bertz CT molecular complexity index is 1020. The normalized spacial score (nSPS) is 11.9. The Morgan fingerprint density at radius 1 is 1.14 bits per heavy atom. The molecule has 2 heterocycles. The first-order valence-electron chi connectivity index (χ1n) is 9.35. The number of aryl methyl sites for hydroxylation is 2. The molecule has 3 aromatic rings. The largest absolute Gasteiger partial charge is 0.339 e. The molecule has 0 spiro atoms. The number of nitrogens with one attached hydrogen (secondary N) is 1. The summed E-state index contributed by atoms with van der Waals surface area (Å²) in [6, 6.07) is 14.9. The van der Waals surface area contributed by atoms with Crippen molar-refractivity contribution in [2.24, 2.45) is 0 Å². The topological polar surface area (TPSA) is 66.1 Å². The van der Waals surface area contributed by atoms with E-state index in [-0.39, 0.29) is 17.5 Å². The maximum Gasteiger partial charge on any atom is 0.256 e. The number of nitrogens with zero attached hydrogens (tertiary/aromatic N) is 2. The first-order chi connectivity index (χ1) is 13.4. The Labute approximate surface area is 165 Å². The van der Waals surface area contributed by atoms with Crippen LogP contribution in [0.3, 0.4) is 0 Å². The zero-order chi connectivity index (χ0) is 20.3. The quantitative estimate of drug-likeness (QED) is 0.738. The van der Waals surface area contributed by atoms with Crippen molar-refractivity contribution >= 4 is 5.91 Å². The lowest BCUT2D eigenvalue weighted by Crippen LogP contribution is -2.36. The Hall–Kier alpha value is -3.21. The Balaban J connectivity index is 1.76. The van der Waals surface area contributed by atoms with Crippen LogP contribution in [0.15, 0.2) is 59.5 Å². The molecule has 2 aromatic heterocycles. The molecule has 1 amide bonds. The van der Waals surface area contributed by atoms with Crippen LogP contribution in [0.25, 0.3) is 11.1 Å². The van der Waals surface area contributed by atoms with E-state index in [0.29, 0.717) is 17.5 Å². The van der Waals surface area contributed by atoms with Gasteiger partial charge in [-0.25, -0.2) is 0 Å². The molecular formula is C23H25N3O2. The molecular weight excluding hydrogens is 350 g/mol. The number of hydrogen-bond acceptors (Lipinski definition) is 3. The lowest BCUT2D eigenvalue weighted by atomic mass is 10.0. The van der Waals surface area contributed by atoms with Crippen LogP contribution in [0.5, 0.6) is 0 Å². The Kier molecular flexibility index (Phi) is 5.73. The summed E-state index contributed by atoms with van der Waals surface area (Å²) in [5.41, 5.74) is 4.73. The van der Waals surface area contributed by atoms with Gasteiger partial charge in [0, 0.05) is 48.2 Å². The molecule has 0 saturated heterocycles. The highest BCUT2D eigenvalue weighted by Crippen LogP contribution is 2.19. The summed E-state index contributed by atoms with van der Waals surface area (Å²) in [4.78, 5) is 34.0. The molecule has 0 bridgehead atoms. The van der Waals surface area contributed by atoms with Crippen molar-refractivity contribution in [2.75, 3.05) is 7.05 Å². The molecule has 0 aliphatic rings. The van der Waals surface area contributed by atoms with Crippen LogP contribution in [0.4, 0.5) is 0 Å². The lowest BCUT2D eigenvalue weighted by Gasteiger charge is -2.25. The summed E-state index contributed by atoms with van der Waals surface area (Å²) in [6.07, 6.45) is 2.45. The highest BCUT2D eigenvalue weighted by molar-refractivity contribution is 5.94. The number of aromatic amines is 1. The molecule has 5 heteroatoms. The van der Waals surface area contributed by atoms with E-state index in [2.05, 4.69) is 9.97 Å². The fraction of sp³-hybridized carbons (Fsp3) is 0.261. The van der Waals surface area contributed by atoms with Gasteiger partial charge in [-0.05, 0) is 62.2 Å². The van der Waals surface area contributed by atoms with Crippen LogP contribution < -0.4 is 5.56 Å². The number of pyridine rings is 2. The molecule has 0 aliphatic carbocycles. The molecule has 3 rings (SSSR count). The molecule has 144 valence electrons. The van der Waals surface area contributed by atoms with Gasteiger partial charge in [-0.15, -0.1) is 0 Å². The van der Waals surface area contributed by atoms with Crippen LogP contribution in [-0.2, 0) is 6.42 Å². The number of rotatable bonds is 5. The summed E-state index contributed by atoms with van der Waals surface area (Å²) in [6.45, 7) is 5.85. The number of aromatic nitrogens is 2. The van der Waals surface area contributed by atoms with Crippen molar-refractivity contribution < 1.29 is 4.79 Å². The first-order valence-corrected chi connectivity index (χ1v) is 9.35. The third-order valence-corrected chi connectivity index (χ3v) is 5.15. The smallest absolute Gasteiger partial charge is 0.256 e. The Morgan fingerprint density at radius 3 is 2.50 bits per heavy atom. The van der Waals surface area contributed by atoms with E-state index in [1.54, 1.807) is 30.3 Å². The SMILES string of the molecule is Cc1cc(-c2ccc(C(=O)N(C)[C@@H](C)Cc3ccccn3)cc2)c(=O)[nH]c1C. The van der Waals surface area contributed by atoms with Gasteiger partial charge in [-0.2, -0.15) is 0 Å². The lowest BCUT2D eigenvalue weighted by molar-refractivity contribution is 0.0743. The maximum absolute atomic E-state index is 12.8. The second-order valence-corrected chi connectivity index (χ2v) is 7.19. The molecule has 0 radical (unpaired) electrons. The average Bonchev–Trinajstić information content (AvgIpc) is 2.70. The van der Waals surface area contributed by atoms with Gasteiger partial charge in [0.15, 0.2) is 0 Å². The molecule has 1 atom stereocenters. The van der Waals surface area contributed by atoms with Crippen LogP contribution >= 0.6 is 0 Å². The van der Waals surface area contributed by atoms with Crippen LogP contribution in [0.2, 0.25) is 0 Å². The van der Waals surface area contributed by atoms with Crippen molar-refractivity contribution in [1.29, 1.82) is 0 Å². The summed E-state index contributed by atoms with van der Waals surface area (Å²) in [5.74, 6) is -0.0519. The molecule has 0 saturated carbocycles. The third kappa shape index (κ3) is 4.19. The zero-order valence-corrected chi connectivity index (χ0v) is 16.7. The van der Waals surface area contributed by atoms with Crippen LogP contribution in [0.1, 0.15) is 34.2 Å². The second-order valence-electron chi connectivity index (χ2n) is 7.19. The first kappa shape index (κ1) is 19.5. The number of amides is 1. The monoisotopic (exact) mass is 375 g/mol. The minimum atomic E-state index is -0.122. The molecule has 0 aliphatic heterocycles. The summed E-state index contributed by atoms with van der Waals surface area (Å²) in [5, 5.41) is 0. The van der Waals surface area contributed by atoms with E-state index in [1.165, 1.54) is 0 Å². The fourth-order valence-electron chi connectivity index (χ4n) is 3.10. The zero-order valence-electron chi connectivity index (χ0n) is 16.7. The number of likely N-dealkylation sites (N-methyl/N-ethyl adjacent to an activating group) is 1. The highest BCUT2D eigenvalue weighted by Gasteiger charge is 2.18. The number of carbonyl (C=O) groups is 1. The van der Waals surface area contributed by atoms with E-state index in [9.17, 15) is 9.59 Å². The molecule has 1 N–H and O–H groups in total. The minimum absolute atomic E-state index is 0.0182. The van der Waals surface area contributed by atoms with Gasteiger partial charge in [-0.3, -0.25) is 14.6 Å². The number of benzene rings is 1. The third-order valence-electron chi connectivity index (χ3n) is 5.15. The van der Waals surface area contributed by atoms with E-state index >= 15 is 0 Å². The number of carbonyl (C=O) groups excluding carboxylic acids is 1. The second kappa shape index (κ2) is 8.21. The summed E-state index contributed by atoms with van der Waals surface area (Å²) >= 11 is 0. The van der Waals surface area contributed by atoms with Crippen molar-refractivity contribution in [2.45, 2.75) is 33.2 Å². The van der Waals surface area contributed by atoms with Gasteiger partial charge >= 0.3 is 0 Å². The van der Waals surface area contributed by atoms with Crippen molar-refractivity contribution in [3.05, 3.63) is 87.6 Å². The van der Waals surface area contributed by atoms with E-state index in [1.807, 2.05) is 57.2 Å². The minimum Gasteiger partial charge on any atom is -0.339 e. The van der Waals surface area contributed by atoms with E-state index in [4.69, 9.17) is 0 Å². The number of hydrogen-bond donors (Lipinski definition) is 1. The maximum atomic E-state index is 12.8. The van der Waals surface area contributed by atoms with Gasteiger partial charge in [0.2, 0.25) is 0 Å². The van der Waals surface area contributed by atoms with Gasteiger partial charge in [0.05, 0.1) is 0 Å². The standard InChI is InChI=1S/C23H25N3O2/c1-15-13-21(22(27)25-17(15)3)18-8-10-19(11-9-18)23(28)26(4)16(2)14-20-7-5-6-12-24-20/h5-13,16H,14H2,1-4H3,(H,25,27)/t16-/m0/s1. The summed E-state index contributed by atoms with van der Waals surface area (Å²) in [7, 11) is 1.80. The van der Waals surface area contributed by atoms with Crippen molar-refractivity contribution in [1.82, 2.24) is 14.9 Å². The molecule has 1 aromatic carbocycles. The molecule has 5 nitrogen and oxygen atoms in total. The van der Waals surface area contributed by atoms with E-state index in [0.717, 1.165) is 22.5 Å².